The average molecular weight is 449 g/mol. The van der Waals surface area contributed by atoms with Gasteiger partial charge in [0.25, 0.3) is 0 Å². The van der Waals surface area contributed by atoms with Crippen LogP contribution in [0.5, 0.6) is 0 Å². The summed E-state index contributed by atoms with van der Waals surface area (Å²) in [6, 6.07) is 26.4. The van der Waals surface area contributed by atoms with Gasteiger partial charge in [-0.3, -0.25) is 4.79 Å². The highest BCUT2D eigenvalue weighted by atomic mass is 35.5. The first-order valence-corrected chi connectivity index (χ1v) is 10.7. The Bertz CT molecular complexity index is 1380. The van der Waals surface area contributed by atoms with Gasteiger partial charge in [0.1, 0.15) is 0 Å². The highest BCUT2D eigenvalue weighted by molar-refractivity contribution is 6.34. The number of halogens is 2. The molecule has 0 bridgehead atoms. The number of benzene rings is 4. The van der Waals surface area contributed by atoms with Crippen molar-refractivity contribution in [3.8, 4) is 34.8 Å². The van der Waals surface area contributed by atoms with E-state index >= 15 is 0 Å². The van der Waals surface area contributed by atoms with E-state index in [1.165, 1.54) is 0 Å². The molecule has 1 aliphatic carbocycles. The second-order valence-electron chi connectivity index (χ2n) is 7.32. The first-order valence-electron chi connectivity index (χ1n) is 9.96. The first-order chi connectivity index (χ1) is 15.6. The summed E-state index contributed by atoms with van der Waals surface area (Å²) < 4.78 is 0. The molecule has 150 valence electrons. The molecule has 0 heterocycles. The van der Waals surface area contributed by atoms with Gasteiger partial charge in [-0.25, -0.2) is 0 Å². The van der Waals surface area contributed by atoms with Crippen molar-refractivity contribution in [1.82, 2.24) is 0 Å². The van der Waals surface area contributed by atoms with Crippen LogP contribution in [0.2, 0.25) is 10.0 Å². The number of carbonyl (C=O) groups excluding carboxylic acids is 1. The molecule has 0 saturated carbocycles. The highest BCUT2D eigenvalue weighted by Crippen LogP contribution is 2.41. The molecule has 0 saturated heterocycles. The van der Waals surface area contributed by atoms with Crippen LogP contribution in [0.25, 0.3) is 11.1 Å². The molecule has 0 N–H and O–H groups in total. The lowest BCUT2D eigenvalue weighted by Crippen LogP contribution is -1.97. The van der Waals surface area contributed by atoms with Crippen molar-refractivity contribution in [3.63, 3.8) is 0 Å². The minimum absolute atomic E-state index is 0.0751. The van der Waals surface area contributed by atoms with Gasteiger partial charge in [0.15, 0.2) is 5.78 Å². The third kappa shape index (κ3) is 3.81. The lowest BCUT2D eigenvalue weighted by molar-refractivity contribution is 0.104. The zero-order chi connectivity index (χ0) is 22.1. The van der Waals surface area contributed by atoms with Crippen LogP contribution in [0, 0.1) is 23.7 Å². The smallest absolute Gasteiger partial charge is 0.194 e. The van der Waals surface area contributed by atoms with Crippen LogP contribution in [-0.2, 0) is 0 Å². The van der Waals surface area contributed by atoms with Gasteiger partial charge < -0.3 is 0 Å². The summed E-state index contributed by atoms with van der Waals surface area (Å²) in [6.07, 6.45) is 0. The van der Waals surface area contributed by atoms with Crippen molar-refractivity contribution in [1.29, 1.82) is 0 Å². The molecular weight excluding hydrogens is 435 g/mol. The van der Waals surface area contributed by atoms with Gasteiger partial charge in [-0.1, -0.05) is 83.3 Å². The number of ketones is 1. The summed E-state index contributed by atoms with van der Waals surface area (Å²) in [7, 11) is 0. The minimum Gasteiger partial charge on any atom is -0.289 e. The predicted octanol–water partition coefficient (Wildman–Crippen LogP) is 7.00. The lowest BCUT2D eigenvalue weighted by Gasteiger charge is -2.04. The summed E-state index contributed by atoms with van der Waals surface area (Å²) in [5.74, 6) is 12.3. The van der Waals surface area contributed by atoms with Gasteiger partial charge in [0, 0.05) is 33.4 Å². The van der Waals surface area contributed by atoms with Crippen molar-refractivity contribution >= 4 is 29.0 Å². The molecule has 1 nitrogen and oxygen atoms in total. The zero-order valence-electron chi connectivity index (χ0n) is 16.7. The molecule has 0 fully saturated rings. The highest BCUT2D eigenvalue weighted by Gasteiger charge is 2.29. The fourth-order valence-electron chi connectivity index (χ4n) is 3.63. The van der Waals surface area contributed by atoms with E-state index in [9.17, 15) is 4.79 Å². The fraction of sp³-hybridized carbons (Fsp3) is 0. The van der Waals surface area contributed by atoms with Gasteiger partial charge in [-0.05, 0) is 59.7 Å². The zero-order valence-corrected chi connectivity index (χ0v) is 18.3. The van der Waals surface area contributed by atoms with Crippen LogP contribution in [0.4, 0.5) is 0 Å². The predicted molar refractivity (Wildman–Crippen MR) is 130 cm³/mol. The topological polar surface area (TPSA) is 17.1 Å². The fourth-order valence-corrected chi connectivity index (χ4v) is 4.05. The number of hydrogen-bond acceptors (Lipinski definition) is 1. The van der Waals surface area contributed by atoms with E-state index in [-0.39, 0.29) is 5.78 Å². The van der Waals surface area contributed by atoms with Crippen molar-refractivity contribution in [2.45, 2.75) is 0 Å². The molecule has 0 spiro atoms. The summed E-state index contributed by atoms with van der Waals surface area (Å²) >= 11 is 13.0. The minimum atomic E-state index is -0.0751. The summed E-state index contributed by atoms with van der Waals surface area (Å²) in [6.45, 7) is 0. The Balaban J connectivity index is 1.54. The van der Waals surface area contributed by atoms with Crippen LogP contribution in [0.3, 0.4) is 0 Å². The third-order valence-electron chi connectivity index (χ3n) is 5.22. The Morgan fingerprint density at radius 2 is 0.906 bits per heavy atom. The molecule has 0 radical (unpaired) electrons. The molecule has 5 rings (SSSR count). The quantitative estimate of drug-likeness (QED) is 0.233. The van der Waals surface area contributed by atoms with Crippen LogP contribution in [-0.4, -0.2) is 5.78 Å². The van der Waals surface area contributed by atoms with Crippen molar-refractivity contribution in [3.05, 3.63) is 128 Å². The molecule has 0 aliphatic heterocycles. The Morgan fingerprint density at radius 3 is 1.31 bits per heavy atom. The van der Waals surface area contributed by atoms with Crippen molar-refractivity contribution in [2.24, 2.45) is 0 Å². The van der Waals surface area contributed by atoms with Crippen molar-refractivity contribution in [2.75, 3.05) is 0 Å². The maximum Gasteiger partial charge on any atom is 0.194 e. The van der Waals surface area contributed by atoms with Crippen LogP contribution in [0.15, 0.2) is 84.9 Å². The van der Waals surface area contributed by atoms with Crippen molar-refractivity contribution < 1.29 is 4.79 Å². The summed E-state index contributed by atoms with van der Waals surface area (Å²) in [5.41, 5.74) is 5.68. The van der Waals surface area contributed by atoms with Gasteiger partial charge >= 0.3 is 0 Å². The van der Waals surface area contributed by atoms with Gasteiger partial charge in [0.05, 0.1) is 10.0 Å². The summed E-state index contributed by atoms with van der Waals surface area (Å²) in [5, 5.41) is 0.994. The van der Waals surface area contributed by atoms with E-state index in [1.54, 1.807) is 24.3 Å². The molecular formula is C29H14Cl2O. The van der Waals surface area contributed by atoms with Crippen LogP contribution in [0.1, 0.15) is 38.2 Å². The van der Waals surface area contributed by atoms with Gasteiger partial charge in [0.2, 0.25) is 0 Å². The second-order valence-corrected chi connectivity index (χ2v) is 8.13. The standard InChI is InChI=1S/C29H14Cl2O/c30-27-17-23-24-18-28(31)22(14-12-20-9-5-2-6-10-20)16-26(24)29(32)25(23)15-21(27)13-11-19-7-3-1-4-8-19/h1-10,15-18H. The number of fused-ring (bicyclic) bond motifs is 3. The van der Waals surface area contributed by atoms with E-state index in [0.29, 0.717) is 32.3 Å². The van der Waals surface area contributed by atoms with Gasteiger partial charge in [-0.15, -0.1) is 0 Å². The third-order valence-corrected chi connectivity index (χ3v) is 5.85. The molecule has 4 aromatic rings. The number of rotatable bonds is 0. The van der Waals surface area contributed by atoms with E-state index < -0.39 is 0 Å². The van der Waals surface area contributed by atoms with Gasteiger partial charge in [-0.2, -0.15) is 0 Å². The molecule has 32 heavy (non-hydrogen) atoms. The van der Waals surface area contributed by atoms with E-state index in [0.717, 1.165) is 22.3 Å². The first kappa shape index (κ1) is 20.2. The maximum atomic E-state index is 13.2. The molecule has 3 heteroatoms. The Morgan fingerprint density at radius 1 is 0.500 bits per heavy atom. The molecule has 0 atom stereocenters. The average Bonchev–Trinajstić information content (AvgIpc) is 3.07. The molecule has 0 aromatic heterocycles. The normalized spacial score (nSPS) is 11.0. The molecule has 4 aromatic carbocycles. The SMILES string of the molecule is O=C1c2cc(C#Cc3ccccc3)c(Cl)cc2-c2cc(Cl)c(C#Cc3ccccc3)cc21. The maximum absolute atomic E-state index is 13.2. The van der Waals surface area contributed by atoms with E-state index in [1.807, 2.05) is 60.7 Å². The summed E-state index contributed by atoms with van der Waals surface area (Å²) in [4.78, 5) is 13.2. The Hall–Kier alpha value is -3.75. The lowest BCUT2D eigenvalue weighted by atomic mass is 10.0. The Labute approximate surface area is 196 Å². The van der Waals surface area contributed by atoms with Crippen LogP contribution >= 0.6 is 23.2 Å². The van der Waals surface area contributed by atoms with E-state index in [4.69, 9.17) is 23.2 Å². The largest absolute Gasteiger partial charge is 0.289 e. The van der Waals surface area contributed by atoms with E-state index in [2.05, 4.69) is 23.7 Å². The second kappa shape index (κ2) is 8.41. The Kier molecular flexibility index (Phi) is 5.30. The molecule has 0 amide bonds. The molecule has 0 unspecified atom stereocenters. The monoisotopic (exact) mass is 448 g/mol. The van der Waals surface area contributed by atoms with Crippen LogP contribution < -0.4 is 0 Å². The number of carbonyl (C=O) groups is 1. The molecule has 1 aliphatic rings. The number of hydrogen-bond donors (Lipinski definition) is 0.